The standard InChI is InChI=1S/C18H30N4O11/c1-7(16(28)20-5-12(26)22-9(17(29)30)3-4-11(19)25)32-15-13(21-8(2)24)18(31)33-10(6-23)14(15)27/h7,9-10,13-15,18,23,27,31H,3-6H2,1-2H3,(H2,19,25)(H,20,28)(H,21,24)(H,22,26)(H,29,30)/t7?,9-,10-,13-,14-,15-,18+/m1/s1. The molecule has 0 radical (unpaired) electrons. The zero-order valence-electron chi connectivity index (χ0n) is 18.1. The Bertz CT molecular complexity index is 734. The SMILES string of the molecule is CC(=O)N[C@@H]1[C@@H](OC(C)C(=O)NCC(=O)N[C@H](CCC(N)=O)C(=O)O)[C@H](O)[C@@H](CO)O[C@@H]1O. The first-order valence-corrected chi connectivity index (χ1v) is 10.0. The molecule has 9 N–H and O–H groups in total. The molecule has 0 spiro atoms. The molecule has 15 nitrogen and oxygen atoms in total. The Balaban J connectivity index is 2.70. The summed E-state index contributed by atoms with van der Waals surface area (Å²) in [5.74, 6) is -4.39. The molecular weight excluding hydrogens is 448 g/mol. The lowest BCUT2D eigenvalue weighted by Crippen LogP contribution is -2.65. The van der Waals surface area contributed by atoms with Crippen molar-refractivity contribution in [2.45, 2.75) is 69.5 Å². The molecule has 0 saturated carbocycles. The van der Waals surface area contributed by atoms with E-state index in [1.165, 1.54) is 6.92 Å². The number of nitrogens with two attached hydrogens (primary N) is 1. The number of carboxylic acid groups (broad SMARTS) is 1. The largest absolute Gasteiger partial charge is 0.480 e. The van der Waals surface area contributed by atoms with E-state index in [2.05, 4.69) is 16.0 Å². The van der Waals surface area contributed by atoms with Gasteiger partial charge >= 0.3 is 5.97 Å². The van der Waals surface area contributed by atoms with Crippen LogP contribution >= 0.6 is 0 Å². The molecule has 1 heterocycles. The van der Waals surface area contributed by atoms with Crippen LogP contribution in [0.1, 0.15) is 26.7 Å². The summed E-state index contributed by atoms with van der Waals surface area (Å²) in [6.45, 7) is 1.12. The van der Waals surface area contributed by atoms with E-state index in [1.807, 2.05) is 0 Å². The van der Waals surface area contributed by atoms with E-state index >= 15 is 0 Å². The van der Waals surface area contributed by atoms with Gasteiger partial charge in [-0.1, -0.05) is 0 Å². The van der Waals surface area contributed by atoms with Gasteiger partial charge in [-0.05, 0) is 13.3 Å². The summed E-state index contributed by atoms with van der Waals surface area (Å²) in [4.78, 5) is 57.7. The van der Waals surface area contributed by atoms with Crippen LogP contribution < -0.4 is 21.7 Å². The van der Waals surface area contributed by atoms with Crippen molar-refractivity contribution in [2.24, 2.45) is 5.73 Å². The molecule has 1 aliphatic rings. The maximum Gasteiger partial charge on any atom is 0.326 e. The van der Waals surface area contributed by atoms with Gasteiger partial charge in [0.05, 0.1) is 13.2 Å². The number of carbonyl (C=O) groups excluding carboxylic acids is 4. The molecule has 188 valence electrons. The third-order valence-corrected chi connectivity index (χ3v) is 4.71. The molecular formula is C18H30N4O11. The van der Waals surface area contributed by atoms with Crippen LogP contribution in [0, 0.1) is 0 Å². The van der Waals surface area contributed by atoms with Gasteiger partial charge in [0.25, 0.3) is 0 Å². The van der Waals surface area contributed by atoms with Crippen molar-refractivity contribution in [2.75, 3.05) is 13.2 Å². The molecule has 0 bridgehead atoms. The number of aliphatic carboxylic acids is 1. The number of aliphatic hydroxyl groups excluding tert-OH is 3. The van der Waals surface area contributed by atoms with E-state index in [-0.39, 0.29) is 12.8 Å². The van der Waals surface area contributed by atoms with E-state index in [0.29, 0.717) is 0 Å². The fourth-order valence-electron chi connectivity index (χ4n) is 3.03. The molecule has 1 fully saturated rings. The minimum absolute atomic E-state index is 0.232. The minimum atomic E-state index is -1.64. The fourth-order valence-corrected chi connectivity index (χ4v) is 3.03. The first kappa shape index (κ1) is 28.2. The third-order valence-electron chi connectivity index (χ3n) is 4.71. The molecule has 0 aromatic heterocycles. The fraction of sp³-hybridized carbons (Fsp3) is 0.722. The molecule has 0 aliphatic carbocycles. The van der Waals surface area contributed by atoms with E-state index in [0.717, 1.165) is 6.92 Å². The highest BCUT2D eigenvalue weighted by Gasteiger charge is 2.46. The zero-order chi connectivity index (χ0) is 25.3. The lowest BCUT2D eigenvalue weighted by Gasteiger charge is -2.43. The highest BCUT2D eigenvalue weighted by atomic mass is 16.6. The van der Waals surface area contributed by atoms with Crippen LogP contribution in [0.15, 0.2) is 0 Å². The minimum Gasteiger partial charge on any atom is -0.480 e. The lowest BCUT2D eigenvalue weighted by atomic mass is 9.96. The van der Waals surface area contributed by atoms with Gasteiger partial charge in [-0.3, -0.25) is 19.2 Å². The van der Waals surface area contributed by atoms with Crippen molar-refractivity contribution in [3.05, 3.63) is 0 Å². The molecule has 7 atom stereocenters. The number of amides is 4. The first-order valence-electron chi connectivity index (χ1n) is 10.0. The van der Waals surface area contributed by atoms with Crippen LogP contribution in [0.3, 0.4) is 0 Å². The summed E-state index contributed by atoms with van der Waals surface area (Å²) in [6, 6.07) is -2.65. The number of carboxylic acids is 1. The third kappa shape index (κ3) is 8.89. The molecule has 33 heavy (non-hydrogen) atoms. The highest BCUT2D eigenvalue weighted by molar-refractivity contribution is 5.89. The average molecular weight is 478 g/mol. The van der Waals surface area contributed by atoms with Crippen molar-refractivity contribution in [1.82, 2.24) is 16.0 Å². The number of carbonyl (C=O) groups is 5. The van der Waals surface area contributed by atoms with Crippen molar-refractivity contribution in [3.8, 4) is 0 Å². The van der Waals surface area contributed by atoms with Gasteiger partial charge in [-0.15, -0.1) is 0 Å². The molecule has 0 aromatic carbocycles. The Kier molecular flexibility index (Phi) is 11.1. The number of ether oxygens (including phenoxy) is 2. The first-order chi connectivity index (χ1) is 15.4. The molecule has 4 amide bonds. The predicted octanol–water partition coefficient (Wildman–Crippen LogP) is -4.71. The Hall–Kier alpha value is -2.85. The quantitative estimate of drug-likeness (QED) is 0.132. The summed E-state index contributed by atoms with van der Waals surface area (Å²) < 4.78 is 10.5. The maximum absolute atomic E-state index is 12.3. The van der Waals surface area contributed by atoms with Crippen LogP contribution in [0.25, 0.3) is 0 Å². The van der Waals surface area contributed by atoms with Crippen molar-refractivity contribution < 1.29 is 53.9 Å². The molecule has 0 aromatic rings. The second kappa shape index (κ2) is 13.0. The van der Waals surface area contributed by atoms with Crippen LogP contribution in [-0.2, 0) is 33.4 Å². The number of hydrogen-bond acceptors (Lipinski definition) is 10. The highest BCUT2D eigenvalue weighted by Crippen LogP contribution is 2.23. The van der Waals surface area contributed by atoms with Gasteiger partial charge in [-0.25, -0.2) is 4.79 Å². The van der Waals surface area contributed by atoms with Crippen LogP contribution in [0.4, 0.5) is 0 Å². The molecule has 1 rings (SSSR count). The van der Waals surface area contributed by atoms with E-state index in [4.69, 9.17) is 20.3 Å². The predicted molar refractivity (Wildman–Crippen MR) is 107 cm³/mol. The topological polar surface area (TPSA) is 247 Å². The van der Waals surface area contributed by atoms with Gasteiger partial charge in [0.2, 0.25) is 23.6 Å². The number of primary amides is 1. The summed E-state index contributed by atoms with van der Waals surface area (Å²) in [7, 11) is 0. The van der Waals surface area contributed by atoms with Gasteiger partial charge in [0.1, 0.15) is 36.5 Å². The molecule has 15 heteroatoms. The van der Waals surface area contributed by atoms with Crippen molar-refractivity contribution in [1.29, 1.82) is 0 Å². The Labute approximate surface area is 188 Å². The van der Waals surface area contributed by atoms with Crippen LogP contribution in [-0.4, -0.2) is 106 Å². The maximum atomic E-state index is 12.3. The summed E-state index contributed by atoms with van der Waals surface area (Å²) >= 11 is 0. The molecule has 1 unspecified atom stereocenters. The van der Waals surface area contributed by atoms with E-state index in [9.17, 15) is 39.3 Å². The number of nitrogens with one attached hydrogen (secondary N) is 3. The summed E-state index contributed by atoms with van der Waals surface area (Å²) in [5, 5.41) is 45.5. The second-order valence-corrected chi connectivity index (χ2v) is 7.39. The van der Waals surface area contributed by atoms with E-state index < -0.39 is 85.5 Å². The summed E-state index contributed by atoms with van der Waals surface area (Å²) in [6.07, 6.45) is -7.56. The van der Waals surface area contributed by atoms with Gasteiger partial charge < -0.3 is 51.6 Å². The summed E-state index contributed by atoms with van der Waals surface area (Å²) in [5.41, 5.74) is 4.96. The van der Waals surface area contributed by atoms with Gasteiger partial charge in [-0.2, -0.15) is 0 Å². The number of hydrogen-bond donors (Lipinski definition) is 8. The monoisotopic (exact) mass is 478 g/mol. The molecule has 1 saturated heterocycles. The zero-order valence-corrected chi connectivity index (χ0v) is 18.1. The Morgan fingerprint density at radius 3 is 2.33 bits per heavy atom. The Morgan fingerprint density at radius 2 is 1.82 bits per heavy atom. The van der Waals surface area contributed by atoms with Gasteiger partial charge in [0.15, 0.2) is 6.29 Å². The van der Waals surface area contributed by atoms with Gasteiger partial charge in [0, 0.05) is 13.3 Å². The normalized spacial score (nSPS) is 26.5. The lowest BCUT2D eigenvalue weighted by molar-refractivity contribution is -0.266. The second-order valence-electron chi connectivity index (χ2n) is 7.39. The van der Waals surface area contributed by atoms with Crippen LogP contribution in [0.5, 0.6) is 0 Å². The van der Waals surface area contributed by atoms with Crippen LogP contribution in [0.2, 0.25) is 0 Å². The number of rotatable bonds is 12. The Morgan fingerprint density at radius 1 is 1.18 bits per heavy atom. The molecule has 1 aliphatic heterocycles. The average Bonchev–Trinajstić information content (AvgIpc) is 2.73. The van der Waals surface area contributed by atoms with Crippen molar-refractivity contribution >= 4 is 29.6 Å². The van der Waals surface area contributed by atoms with Crippen molar-refractivity contribution in [3.63, 3.8) is 0 Å². The number of aliphatic hydroxyl groups is 3. The van der Waals surface area contributed by atoms with E-state index in [1.54, 1.807) is 0 Å². The smallest absolute Gasteiger partial charge is 0.326 e.